The van der Waals surface area contributed by atoms with E-state index in [1.54, 1.807) is 18.2 Å². The largest absolute Gasteiger partial charge is 0.353 e. The van der Waals surface area contributed by atoms with E-state index < -0.39 is 0 Å². The van der Waals surface area contributed by atoms with E-state index in [4.69, 9.17) is 0 Å². The Morgan fingerprint density at radius 2 is 2.05 bits per heavy atom. The minimum absolute atomic E-state index is 0. The van der Waals surface area contributed by atoms with Crippen LogP contribution in [0.25, 0.3) is 6.08 Å². The predicted octanol–water partition coefficient (Wildman–Crippen LogP) is 2.82. The Hall–Kier alpha value is -1.04. The Morgan fingerprint density at radius 3 is 2.77 bits per heavy atom. The lowest BCUT2D eigenvalue weighted by atomic mass is 10.2. The Balaban J connectivity index is 0.00000242. The van der Waals surface area contributed by atoms with Crippen molar-refractivity contribution in [1.82, 2.24) is 10.2 Å². The van der Waals surface area contributed by atoms with Gasteiger partial charge in [0.15, 0.2) is 0 Å². The lowest BCUT2D eigenvalue weighted by Gasteiger charge is -2.25. The zero-order valence-corrected chi connectivity index (χ0v) is 14.1. The first-order valence-corrected chi connectivity index (χ1v) is 8.42. The molecule has 122 valence electrons. The van der Waals surface area contributed by atoms with Crippen molar-refractivity contribution in [3.8, 4) is 0 Å². The molecule has 0 spiro atoms. The average molecular weight is 345 g/mol. The number of rotatable bonds is 6. The van der Waals surface area contributed by atoms with Crippen LogP contribution >= 0.6 is 24.2 Å². The molecule has 1 saturated heterocycles. The quantitative estimate of drug-likeness (QED) is 0.636. The van der Waals surface area contributed by atoms with Crippen molar-refractivity contribution in [2.75, 3.05) is 37.7 Å². The van der Waals surface area contributed by atoms with Gasteiger partial charge >= 0.3 is 0 Å². The molecule has 0 aromatic heterocycles. The molecule has 0 atom stereocenters. The lowest BCUT2D eigenvalue weighted by Crippen LogP contribution is -2.35. The second-order valence-corrected chi connectivity index (χ2v) is 6.18. The van der Waals surface area contributed by atoms with Crippen molar-refractivity contribution in [3.63, 3.8) is 0 Å². The Bertz CT molecular complexity index is 493. The number of nitrogens with zero attached hydrogens (tertiary/aromatic N) is 1. The standard InChI is InChI=1S/C16H21FN2OS.ClH/c17-15-5-2-1-4-14(15)6-7-16(20)18-8-3-9-19-10-12-21-13-11-19;/h1-2,4-7H,3,8-13H2,(H,18,20);1H/b7-6+;. The van der Waals surface area contributed by atoms with Crippen molar-refractivity contribution in [1.29, 1.82) is 0 Å². The van der Waals surface area contributed by atoms with Crippen LogP contribution in [0.5, 0.6) is 0 Å². The van der Waals surface area contributed by atoms with Crippen LogP contribution in [0, 0.1) is 5.82 Å². The molecule has 0 saturated carbocycles. The molecule has 0 unspecified atom stereocenters. The van der Waals surface area contributed by atoms with Gasteiger partial charge in [-0.3, -0.25) is 4.79 Å². The van der Waals surface area contributed by atoms with Gasteiger partial charge in [0.1, 0.15) is 5.82 Å². The highest BCUT2D eigenvalue weighted by Crippen LogP contribution is 2.09. The first kappa shape index (κ1) is 19.0. The molecule has 1 aliphatic rings. The first-order chi connectivity index (χ1) is 10.3. The number of amides is 1. The molecule has 1 N–H and O–H groups in total. The summed E-state index contributed by atoms with van der Waals surface area (Å²) in [6.07, 6.45) is 3.84. The van der Waals surface area contributed by atoms with Crippen molar-refractivity contribution >= 4 is 36.2 Å². The normalized spacial score (nSPS) is 15.5. The fourth-order valence-electron chi connectivity index (χ4n) is 2.17. The van der Waals surface area contributed by atoms with Gasteiger partial charge in [0.05, 0.1) is 0 Å². The van der Waals surface area contributed by atoms with E-state index in [2.05, 4.69) is 10.2 Å². The minimum Gasteiger partial charge on any atom is -0.353 e. The van der Waals surface area contributed by atoms with Gasteiger partial charge in [-0.15, -0.1) is 12.4 Å². The van der Waals surface area contributed by atoms with E-state index >= 15 is 0 Å². The maximum absolute atomic E-state index is 13.4. The summed E-state index contributed by atoms with van der Waals surface area (Å²) >= 11 is 2.00. The van der Waals surface area contributed by atoms with E-state index in [0.717, 1.165) is 26.1 Å². The maximum Gasteiger partial charge on any atom is 0.244 e. The number of carbonyl (C=O) groups excluding carboxylic acids is 1. The summed E-state index contributed by atoms with van der Waals surface area (Å²) in [4.78, 5) is 14.1. The third-order valence-electron chi connectivity index (χ3n) is 3.37. The van der Waals surface area contributed by atoms with E-state index in [1.807, 2.05) is 11.8 Å². The van der Waals surface area contributed by atoms with Crippen LogP contribution < -0.4 is 5.32 Å². The molecular weight excluding hydrogens is 323 g/mol. The number of nitrogens with one attached hydrogen (secondary N) is 1. The molecule has 1 fully saturated rings. The fraction of sp³-hybridized carbons (Fsp3) is 0.438. The molecule has 0 radical (unpaired) electrons. The van der Waals surface area contributed by atoms with E-state index in [9.17, 15) is 9.18 Å². The van der Waals surface area contributed by atoms with Crippen LogP contribution in [0.3, 0.4) is 0 Å². The van der Waals surface area contributed by atoms with Crippen LogP contribution in [0.1, 0.15) is 12.0 Å². The zero-order valence-electron chi connectivity index (χ0n) is 12.5. The van der Waals surface area contributed by atoms with E-state index in [0.29, 0.717) is 12.1 Å². The highest BCUT2D eigenvalue weighted by atomic mass is 35.5. The van der Waals surface area contributed by atoms with Gasteiger partial charge in [-0.2, -0.15) is 11.8 Å². The van der Waals surface area contributed by atoms with Crippen LogP contribution in [0.15, 0.2) is 30.3 Å². The summed E-state index contributed by atoms with van der Waals surface area (Å²) < 4.78 is 13.4. The third-order valence-corrected chi connectivity index (χ3v) is 4.32. The van der Waals surface area contributed by atoms with Crippen molar-refractivity contribution in [2.45, 2.75) is 6.42 Å². The molecule has 22 heavy (non-hydrogen) atoms. The highest BCUT2D eigenvalue weighted by molar-refractivity contribution is 7.99. The monoisotopic (exact) mass is 344 g/mol. The summed E-state index contributed by atoms with van der Waals surface area (Å²) in [5, 5.41) is 2.83. The highest BCUT2D eigenvalue weighted by Gasteiger charge is 2.09. The molecule has 1 heterocycles. The number of thioether (sulfide) groups is 1. The average Bonchev–Trinajstić information content (AvgIpc) is 2.52. The van der Waals surface area contributed by atoms with Gasteiger partial charge < -0.3 is 10.2 Å². The summed E-state index contributed by atoms with van der Waals surface area (Å²) in [6, 6.07) is 6.41. The number of hydrogen-bond donors (Lipinski definition) is 1. The van der Waals surface area contributed by atoms with Gasteiger partial charge in [0, 0.05) is 42.8 Å². The molecule has 1 aromatic carbocycles. The van der Waals surface area contributed by atoms with Gasteiger partial charge in [-0.05, 0) is 25.1 Å². The van der Waals surface area contributed by atoms with Crippen LogP contribution in [-0.4, -0.2) is 48.5 Å². The van der Waals surface area contributed by atoms with Crippen molar-refractivity contribution in [3.05, 3.63) is 41.7 Å². The third kappa shape index (κ3) is 6.81. The molecule has 0 aliphatic carbocycles. The van der Waals surface area contributed by atoms with E-state index in [1.165, 1.54) is 29.7 Å². The molecule has 0 bridgehead atoms. The summed E-state index contributed by atoms with van der Waals surface area (Å²) in [5.74, 6) is 1.92. The predicted molar refractivity (Wildman–Crippen MR) is 94.1 cm³/mol. The van der Waals surface area contributed by atoms with Crippen LogP contribution in [0.2, 0.25) is 0 Å². The number of benzene rings is 1. The summed E-state index contributed by atoms with van der Waals surface area (Å²) in [5.41, 5.74) is 0.429. The maximum atomic E-state index is 13.4. The molecule has 6 heteroatoms. The number of carbonyl (C=O) groups is 1. The number of hydrogen-bond acceptors (Lipinski definition) is 3. The minimum atomic E-state index is -0.315. The second-order valence-electron chi connectivity index (χ2n) is 4.95. The van der Waals surface area contributed by atoms with Crippen LogP contribution in [0.4, 0.5) is 4.39 Å². The second kappa shape index (κ2) is 10.6. The Morgan fingerprint density at radius 1 is 1.32 bits per heavy atom. The van der Waals surface area contributed by atoms with Crippen molar-refractivity contribution < 1.29 is 9.18 Å². The summed E-state index contributed by atoms with van der Waals surface area (Å²) in [6.45, 7) is 3.97. The smallest absolute Gasteiger partial charge is 0.244 e. The molecule has 1 aliphatic heterocycles. The van der Waals surface area contributed by atoms with Gasteiger partial charge in [0.2, 0.25) is 5.91 Å². The number of halogens is 2. The van der Waals surface area contributed by atoms with Gasteiger partial charge in [0.25, 0.3) is 0 Å². The van der Waals surface area contributed by atoms with Crippen molar-refractivity contribution in [2.24, 2.45) is 0 Å². The molecule has 1 aromatic rings. The Labute approximate surface area is 141 Å². The molecule has 3 nitrogen and oxygen atoms in total. The first-order valence-electron chi connectivity index (χ1n) is 7.26. The molecule has 1 amide bonds. The lowest BCUT2D eigenvalue weighted by molar-refractivity contribution is -0.116. The van der Waals surface area contributed by atoms with Gasteiger partial charge in [-0.1, -0.05) is 18.2 Å². The van der Waals surface area contributed by atoms with E-state index in [-0.39, 0.29) is 24.1 Å². The molecular formula is C16H22ClFN2OS. The Kier molecular flexibility index (Phi) is 9.20. The fourth-order valence-corrected chi connectivity index (χ4v) is 3.15. The molecule has 2 rings (SSSR count). The SMILES string of the molecule is Cl.O=C(/C=C/c1ccccc1F)NCCCN1CCSCC1. The summed E-state index contributed by atoms with van der Waals surface area (Å²) in [7, 11) is 0. The topological polar surface area (TPSA) is 32.3 Å². The van der Waals surface area contributed by atoms with Crippen LogP contribution in [-0.2, 0) is 4.79 Å². The van der Waals surface area contributed by atoms with Gasteiger partial charge in [-0.25, -0.2) is 4.39 Å². The zero-order chi connectivity index (χ0) is 14.9.